The van der Waals surface area contributed by atoms with Crippen molar-refractivity contribution in [1.82, 2.24) is 4.57 Å². The van der Waals surface area contributed by atoms with Crippen LogP contribution in [0.15, 0.2) is 29.6 Å². The first kappa shape index (κ1) is 12.1. The highest BCUT2D eigenvalue weighted by Gasteiger charge is 2.12. The lowest BCUT2D eigenvalue weighted by atomic mass is 10.1. The predicted octanol–water partition coefficient (Wildman–Crippen LogP) is 3.60. The maximum Gasteiger partial charge on any atom is 0.203 e. The zero-order valence-corrected chi connectivity index (χ0v) is 11.2. The van der Waals surface area contributed by atoms with E-state index >= 15 is 0 Å². The van der Waals surface area contributed by atoms with Crippen molar-refractivity contribution in [2.45, 2.75) is 13.0 Å². The van der Waals surface area contributed by atoms with Crippen LogP contribution in [0.5, 0.6) is 11.6 Å². The summed E-state index contributed by atoms with van der Waals surface area (Å²) in [5.74, 6) is 1.03. The number of hydrogen-bond acceptors (Lipinski definition) is 4. The molecule has 0 fully saturated rings. The average Bonchev–Trinajstić information content (AvgIpc) is 2.68. The van der Waals surface area contributed by atoms with Crippen LogP contribution in [0.2, 0.25) is 0 Å². The molecule has 0 spiro atoms. The van der Waals surface area contributed by atoms with Gasteiger partial charge in [0.2, 0.25) is 5.88 Å². The molecule has 5 heteroatoms. The highest BCUT2D eigenvalue weighted by molar-refractivity contribution is 7.73. The number of thiazole rings is 1. The van der Waals surface area contributed by atoms with Gasteiger partial charge >= 0.3 is 0 Å². The van der Waals surface area contributed by atoms with Crippen LogP contribution in [0.25, 0.3) is 0 Å². The molecule has 0 bridgehead atoms. The van der Waals surface area contributed by atoms with Gasteiger partial charge in [0.05, 0.1) is 18.5 Å². The molecule has 0 aliphatic carbocycles. The monoisotopic (exact) mass is 267 g/mol. The Morgan fingerprint density at radius 2 is 2.00 bits per heavy atom. The maximum atomic E-state index is 9.75. The molecule has 1 aromatic carbocycles. The molecule has 3 nitrogen and oxygen atoms in total. The minimum Gasteiger partial charge on any atom is -0.497 e. The molecule has 0 amide bonds. The molecule has 0 saturated heterocycles. The minimum atomic E-state index is 0.0136. The lowest BCUT2D eigenvalue weighted by molar-refractivity contribution is 0.404. The second kappa shape index (κ2) is 4.89. The lowest BCUT2D eigenvalue weighted by Gasteiger charge is -2.15. The Labute approximate surface area is 109 Å². The average molecular weight is 267 g/mol. The van der Waals surface area contributed by atoms with Crippen LogP contribution in [0.1, 0.15) is 18.5 Å². The van der Waals surface area contributed by atoms with Gasteiger partial charge in [-0.15, -0.1) is 11.3 Å². The normalized spacial score (nSPS) is 12.4. The topological polar surface area (TPSA) is 34.4 Å². The van der Waals surface area contributed by atoms with E-state index in [4.69, 9.17) is 17.0 Å². The third-order valence-corrected chi connectivity index (χ3v) is 3.91. The van der Waals surface area contributed by atoms with Crippen LogP contribution in [0.4, 0.5) is 0 Å². The van der Waals surface area contributed by atoms with Gasteiger partial charge in [0.1, 0.15) is 5.75 Å². The van der Waals surface area contributed by atoms with Crippen molar-refractivity contribution in [2.75, 3.05) is 7.11 Å². The molecule has 1 atom stereocenters. The number of aromatic nitrogens is 1. The summed E-state index contributed by atoms with van der Waals surface area (Å²) in [4.78, 5) is 0. The summed E-state index contributed by atoms with van der Waals surface area (Å²) < 4.78 is 7.52. The van der Waals surface area contributed by atoms with Crippen LogP contribution in [-0.2, 0) is 0 Å². The summed E-state index contributed by atoms with van der Waals surface area (Å²) in [5, 5.41) is 11.4. The van der Waals surface area contributed by atoms with E-state index in [1.54, 1.807) is 17.1 Å². The molecule has 0 radical (unpaired) electrons. The Kier molecular flexibility index (Phi) is 3.49. The van der Waals surface area contributed by atoms with E-state index < -0.39 is 0 Å². The molecule has 0 aliphatic rings. The Balaban J connectivity index is 2.37. The largest absolute Gasteiger partial charge is 0.497 e. The number of rotatable bonds is 3. The van der Waals surface area contributed by atoms with Crippen LogP contribution in [0.3, 0.4) is 0 Å². The standard InChI is InChI=1S/C12H13NO2S2/c1-8(13-11(14)7-17-12(13)16)9-3-5-10(15-2)6-4-9/h3-8,14H,1-2H3. The minimum absolute atomic E-state index is 0.0136. The molecule has 1 unspecified atom stereocenters. The van der Waals surface area contributed by atoms with E-state index in [9.17, 15) is 5.11 Å². The molecule has 17 heavy (non-hydrogen) atoms. The number of aromatic hydroxyl groups is 1. The van der Waals surface area contributed by atoms with E-state index in [0.29, 0.717) is 3.95 Å². The van der Waals surface area contributed by atoms with Crippen LogP contribution in [0, 0.1) is 3.95 Å². The highest BCUT2D eigenvalue weighted by Crippen LogP contribution is 2.28. The summed E-state index contributed by atoms with van der Waals surface area (Å²) in [6.45, 7) is 2.00. The van der Waals surface area contributed by atoms with Crippen LogP contribution in [-0.4, -0.2) is 16.8 Å². The van der Waals surface area contributed by atoms with Crippen LogP contribution >= 0.6 is 23.6 Å². The molecule has 2 rings (SSSR count). The van der Waals surface area contributed by atoms with Gasteiger partial charge < -0.3 is 9.84 Å². The Hall–Kier alpha value is -1.33. The highest BCUT2D eigenvalue weighted by atomic mass is 32.1. The smallest absolute Gasteiger partial charge is 0.203 e. The Morgan fingerprint density at radius 3 is 2.47 bits per heavy atom. The van der Waals surface area contributed by atoms with Gasteiger partial charge in [-0.05, 0) is 36.8 Å². The lowest BCUT2D eigenvalue weighted by Crippen LogP contribution is -2.05. The van der Waals surface area contributed by atoms with Crippen LogP contribution < -0.4 is 4.74 Å². The number of hydrogen-bond donors (Lipinski definition) is 1. The fourth-order valence-corrected chi connectivity index (χ4v) is 2.78. The molecular formula is C12H13NO2S2. The predicted molar refractivity (Wildman–Crippen MR) is 71.6 cm³/mol. The first-order valence-corrected chi connectivity index (χ1v) is 6.45. The summed E-state index contributed by atoms with van der Waals surface area (Å²) in [6, 6.07) is 7.77. The summed E-state index contributed by atoms with van der Waals surface area (Å²) >= 11 is 6.56. The molecule has 1 heterocycles. The van der Waals surface area contributed by atoms with Gasteiger partial charge in [0.15, 0.2) is 3.95 Å². The van der Waals surface area contributed by atoms with Crippen molar-refractivity contribution in [3.8, 4) is 11.6 Å². The van der Waals surface area contributed by atoms with Gasteiger partial charge in [0, 0.05) is 0 Å². The number of nitrogens with zero attached hydrogens (tertiary/aromatic N) is 1. The first-order valence-electron chi connectivity index (χ1n) is 5.16. The fourth-order valence-electron chi connectivity index (χ4n) is 1.70. The molecule has 1 aromatic heterocycles. The third kappa shape index (κ3) is 2.35. The zero-order valence-electron chi connectivity index (χ0n) is 9.58. The van der Waals surface area contributed by atoms with Gasteiger partial charge in [0.25, 0.3) is 0 Å². The van der Waals surface area contributed by atoms with E-state index in [0.717, 1.165) is 11.3 Å². The summed E-state index contributed by atoms with van der Waals surface area (Å²) in [5.41, 5.74) is 1.08. The van der Waals surface area contributed by atoms with E-state index in [-0.39, 0.29) is 11.9 Å². The van der Waals surface area contributed by atoms with Gasteiger partial charge in [-0.1, -0.05) is 12.1 Å². The molecule has 2 aromatic rings. The molecule has 1 N–H and O–H groups in total. The molecular weight excluding hydrogens is 254 g/mol. The summed E-state index contributed by atoms with van der Waals surface area (Å²) in [6.07, 6.45) is 0. The Bertz CT molecular complexity index is 557. The first-order chi connectivity index (χ1) is 8.13. The van der Waals surface area contributed by atoms with Crippen molar-refractivity contribution in [1.29, 1.82) is 0 Å². The fraction of sp³-hybridized carbons (Fsp3) is 0.250. The second-order valence-electron chi connectivity index (χ2n) is 3.68. The van der Waals surface area contributed by atoms with E-state index in [1.807, 2.05) is 31.2 Å². The zero-order chi connectivity index (χ0) is 12.4. The van der Waals surface area contributed by atoms with Gasteiger partial charge in [-0.3, -0.25) is 4.57 Å². The van der Waals surface area contributed by atoms with Crippen molar-refractivity contribution < 1.29 is 9.84 Å². The number of benzene rings is 1. The van der Waals surface area contributed by atoms with Crippen molar-refractivity contribution in [3.63, 3.8) is 0 Å². The Morgan fingerprint density at radius 1 is 1.35 bits per heavy atom. The van der Waals surface area contributed by atoms with Gasteiger partial charge in [-0.25, -0.2) is 0 Å². The number of methoxy groups -OCH3 is 1. The quantitative estimate of drug-likeness (QED) is 0.863. The second-order valence-corrected chi connectivity index (χ2v) is 5.18. The van der Waals surface area contributed by atoms with Crippen molar-refractivity contribution >= 4 is 23.6 Å². The molecule has 0 saturated carbocycles. The van der Waals surface area contributed by atoms with E-state index in [2.05, 4.69) is 0 Å². The third-order valence-electron chi connectivity index (χ3n) is 2.69. The number of ether oxygens (including phenoxy) is 1. The maximum absolute atomic E-state index is 9.75. The van der Waals surface area contributed by atoms with Crippen molar-refractivity contribution in [2.24, 2.45) is 0 Å². The molecule has 90 valence electrons. The summed E-state index contributed by atoms with van der Waals surface area (Å²) in [7, 11) is 1.64. The van der Waals surface area contributed by atoms with Crippen molar-refractivity contribution in [3.05, 3.63) is 39.2 Å². The molecule has 0 aliphatic heterocycles. The van der Waals surface area contributed by atoms with Gasteiger partial charge in [-0.2, -0.15) is 0 Å². The van der Waals surface area contributed by atoms with E-state index in [1.165, 1.54) is 11.3 Å². The SMILES string of the molecule is COc1ccc(C(C)n2c(O)csc2=S)cc1.